The number of ether oxygens (including phenoxy) is 9. The molecule has 6 rings (SSSR count). The predicted octanol–water partition coefficient (Wildman–Crippen LogP) is 4.78. The molecule has 19 atom stereocenters. The second kappa shape index (κ2) is 22.3. The van der Waals surface area contributed by atoms with E-state index in [0.717, 1.165) is 5.52 Å². The number of nitrogens with zero attached hydrogens (tertiary/aromatic N) is 4. The SMILES string of the molecule is CC[C@H]1OC(=O)[C@H](C)[C@@H](O[C@H]2C[C@@](C)(OC)[C@@H](O)[C@@H](C)O2)[C@H](C)[C@@H](O[C@@H]2O[C@H](C)C[C@H](N(C)C)[C@H]2O)[C@](C)(OC)C[C@@H](C)C(=O)[C@H](C)C2C(SCCOCn3cnc4cccnc43)C(=O)O[C@@]21C. The van der Waals surface area contributed by atoms with E-state index < -0.39 is 113 Å². The maximum absolute atomic E-state index is 15.1. The number of likely N-dealkylation sites (N-methyl/N-ethyl adjacent to an activating group) is 1. The maximum atomic E-state index is 15.1. The van der Waals surface area contributed by atoms with E-state index in [1.54, 1.807) is 51.9 Å². The fourth-order valence-electron chi connectivity index (χ4n) is 11.3. The van der Waals surface area contributed by atoms with Crippen LogP contribution in [0.15, 0.2) is 24.7 Å². The number of cyclic esters (lactones) is 1. The third kappa shape index (κ3) is 11.1. The number of aliphatic hydroxyl groups excluding tert-OH is 2. The number of rotatable bonds is 14. The first kappa shape index (κ1) is 54.5. The number of carbonyl (C=O) groups excluding carboxylic acids is 3. The molecule has 0 spiro atoms. The van der Waals surface area contributed by atoms with E-state index in [1.807, 2.05) is 72.7 Å². The molecule has 0 aromatic carbocycles. The van der Waals surface area contributed by atoms with Gasteiger partial charge in [-0.3, -0.25) is 19.0 Å². The molecule has 4 aliphatic heterocycles. The van der Waals surface area contributed by atoms with Crippen LogP contribution in [0, 0.1) is 29.6 Å². The quantitative estimate of drug-likeness (QED) is 0.193. The molecule has 68 heavy (non-hydrogen) atoms. The number of fused-ring (bicyclic) bond motifs is 2. The molecule has 4 saturated heterocycles. The third-order valence-corrected chi connectivity index (χ3v) is 16.6. The van der Waals surface area contributed by atoms with E-state index >= 15 is 4.79 Å². The summed E-state index contributed by atoms with van der Waals surface area (Å²) >= 11 is 1.35. The number of methoxy groups -OCH3 is 2. The van der Waals surface area contributed by atoms with Gasteiger partial charge in [-0.05, 0) is 87.0 Å². The molecular weight excluding hydrogens is 901 g/mol. The second-order valence-electron chi connectivity index (χ2n) is 20.5. The van der Waals surface area contributed by atoms with E-state index in [9.17, 15) is 19.8 Å². The first-order chi connectivity index (χ1) is 32.0. The molecule has 4 aliphatic rings. The summed E-state index contributed by atoms with van der Waals surface area (Å²) in [5.74, 6) is -4.71. The molecule has 4 fully saturated rings. The molecule has 384 valence electrons. The van der Waals surface area contributed by atoms with Gasteiger partial charge >= 0.3 is 11.9 Å². The number of aliphatic hydroxyl groups is 2. The minimum absolute atomic E-state index is 0.123. The Bertz CT molecular complexity index is 2030. The van der Waals surface area contributed by atoms with Crippen LogP contribution < -0.4 is 0 Å². The van der Waals surface area contributed by atoms with Crippen molar-refractivity contribution in [2.45, 2.75) is 185 Å². The van der Waals surface area contributed by atoms with Crippen LogP contribution in [0.5, 0.6) is 0 Å². The highest BCUT2D eigenvalue weighted by Crippen LogP contribution is 2.49. The highest BCUT2D eigenvalue weighted by atomic mass is 32.2. The van der Waals surface area contributed by atoms with Gasteiger partial charge in [-0.15, -0.1) is 11.8 Å². The maximum Gasteiger partial charge on any atom is 0.320 e. The van der Waals surface area contributed by atoms with E-state index in [1.165, 1.54) is 18.9 Å². The highest BCUT2D eigenvalue weighted by Gasteiger charge is 2.62. The Kier molecular flexibility index (Phi) is 17.9. The van der Waals surface area contributed by atoms with Gasteiger partial charge in [0.2, 0.25) is 0 Å². The zero-order chi connectivity index (χ0) is 50.0. The number of thioether (sulfide) groups is 1. The molecule has 18 nitrogen and oxygen atoms in total. The topological polar surface area (TPSA) is 209 Å². The van der Waals surface area contributed by atoms with Gasteiger partial charge in [0.25, 0.3) is 0 Å². The Balaban J connectivity index is 1.37. The third-order valence-electron chi connectivity index (χ3n) is 15.4. The minimum Gasteiger partial charge on any atom is -0.458 e. The van der Waals surface area contributed by atoms with Gasteiger partial charge in [0.1, 0.15) is 41.6 Å². The Labute approximate surface area is 406 Å². The number of aromatic nitrogens is 3. The number of ketones is 1. The standard InChI is InChI=1S/C49H78N4O14S/c1-15-34-49(10)36(40(45(58)67-49)68-20-19-61-25-53-24-51-32-17-16-18-50-43(32)53)28(4)37(54)26(2)22-48(9,60-14)42(66-46-38(55)33(52(11)12)21-27(3)62-46)29(5)39(30(6)44(57)64-34)65-35-23-47(8,59-13)41(56)31(7)63-35/h16-18,24,26-31,33-36,38-42,46,55-56H,15,19-23,25H2,1-14H3/t26-,27-,28-,29+,30-,31-,33+,34-,35+,36?,38-,39+,40?,41+,42-,46+,47-,48-,49-/m1/s1. The summed E-state index contributed by atoms with van der Waals surface area (Å²) in [5, 5.41) is 22.1. The molecule has 6 heterocycles. The lowest BCUT2D eigenvalue weighted by atomic mass is 9.70. The predicted molar refractivity (Wildman–Crippen MR) is 252 cm³/mol. The van der Waals surface area contributed by atoms with Gasteiger partial charge in [0, 0.05) is 62.3 Å². The summed E-state index contributed by atoms with van der Waals surface area (Å²) < 4.78 is 59.5. The summed E-state index contributed by atoms with van der Waals surface area (Å²) in [7, 11) is 6.86. The summed E-state index contributed by atoms with van der Waals surface area (Å²) in [4.78, 5) is 54.9. The number of hydrogen-bond acceptors (Lipinski definition) is 18. The number of pyridine rings is 1. The van der Waals surface area contributed by atoms with Crippen LogP contribution in [-0.4, -0.2) is 171 Å². The zero-order valence-electron chi connectivity index (χ0n) is 42.5. The molecule has 2 aromatic heterocycles. The lowest BCUT2D eigenvalue weighted by molar-refractivity contribution is -0.319. The van der Waals surface area contributed by atoms with Gasteiger partial charge in [0.15, 0.2) is 23.8 Å². The van der Waals surface area contributed by atoms with Crippen molar-refractivity contribution in [3.63, 3.8) is 0 Å². The number of imidazole rings is 1. The van der Waals surface area contributed by atoms with Crippen molar-refractivity contribution in [3.05, 3.63) is 24.7 Å². The zero-order valence-corrected chi connectivity index (χ0v) is 43.3. The molecule has 19 heteroatoms. The highest BCUT2D eigenvalue weighted by molar-refractivity contribution is 8.00. The van der Waals surface area contributed by atoms with Crippen LogP contribution in [0.2, 0.25) is 0 Å². The minimum atomic E-state index is -1.40. The van der Waals surface area contributed by atoms with Crippen molar-refractivity contribution in [1.82, 2.24) is 19.4 Å². The molecule has 0 aliphatic carbocycles. The van der Waals surface area contributed by atoms with Gasteiger partial charge < -0.3 is 57.7 Å². The summed E-state index contributed by atoms with van der Waals surface area (Å²) in [6.07, 6.45) is -3.57. The average Bonchev–Trinajstić information content (AvgIpc) is 3.83. The van der Waals surface area contributed by atoms with Crippen LogP contribution in [0.4, 0.5) is 0 Å². The number of hydrogen-bond donors (Lipinski definition) is 2. The second-order valence-corrected chi connectivity index (χ2v) is 21.7. The van der Waals surface area contributed by atoms with E-state index in [0.29, 0.717) is 17.8 Å². The molecule has 0 saturated carbocycles. The molecule has 0 bridgehead atoms. The van der Waals surface area contributed by atoms with Crippen LogP contribution >= 0.6 is 11.8 Å². The lowest BCUT2D eigenvalue weighted by Gasteiger charge is -2.50. The molecule has 0 amide bonds. The fourth-order valence-corrected chi connectivity index (χ4v) is 12.7. The Hall–Kier alpha value is -2.82. The van der Waals surface area contributed by atoms with Crippen LogP contribution in [-0.2, 0) is 63.7 Å². The first-order valence-electron chi connectivity index (χ1n) is 24.2. The lowest BCUT2D eigenvalue weighted by Crippen LogP contribution is -2.61. The van der Waals surface area contributed by atoms with E-state index in [-0.39, 0.29) is 50.5 Å². The van der Waals surface area contributed by atoms with Gasteiger partial charge in [-0.1, -0.05) is 27.7 Å². The summed E-state index contributed by atoms with van der Waals surface area (Å²) in [5.41, 5.74) is -2.27. The smallest absolute Gasteiger partial charge is 0.320 e. The Morgan fingerprint density at radius 3 is 2.29 bits per heavy atom. The molecule has 2 aromatic rings. The number of esters is 2. The van der Waals surface area contributed by atoms with Gasteiger partial charge in [-0.2, -0.15) is 0 Å². The fraction of sp³-hybridized carbons (Fsp3) is 0.816. The first-order valence-corrected chi connectivity index (χ1v) is 25.3. The monoisotopic (exact) mass is 979 g/mol. The molecule has 2 unspecified atom stereocenters. The van der Waals surface area contributed by atoms with Crippen LogP contribution in [0.1, 0.15) is 94.9 Å². The van der Waals surface area contributed by atoms with Crippen molar-refractivity contribution in [2.75, 3.05) is 40.7 Å². The number of Topliss-reactive ketones (excluding diaryl/α,β-unsaturated/α-hetero) is 1. The van der Waals surface area contributed by atoms with Crippen molar-refractivity contribution in [2.24, 2.45) is 29.6 Å². The van der Waals surface area contributed by atoms with Crippen LogP contribution in [0.25, 0.3) is 11.2 Å². The number of carbonyl (C=O) groups is 3. The normalized spacial score (nSPS) is 42.2. The summed E-state index contributed by atoms with van der Waals surface area (Å²) in [6, 6.07) is 3.39. The Morgan fingerprint density at radius 1 is 0.926 bits per heavy atom. The average molecular weight is 979 g/mol. The molecular formula is C49H78N4O14S. The van der Waals surface area contributed by atoms with Gasteiger partial charge in [-0.25, -0.2) is 9.97 Å². The molecule has 2 N–H and O–H groups in total. The van der Waals surface area contributed by atoms with Crippen molar-refractivity contribution >= 4 is 40.6 Å². The largest absolute Gasteiger partial charge is 0.458 e. The van der Waals surface area contributed by atoms with Crippen molar-refractivity contribution < 1.29 is 67.2 Å². The van der Waals surface area contributed by atoms with E-state index in [2.05, 4.69) is 9.97 Å². The van der Waals surface area contributed by atoms with Crippen LogP contribution in [0.3, 0.4) is 0 Å². The van der Waals surface area contributed by atoms with Crippen molar-refractivity contribution in [3.8, 4) is 0 Å². The van der Waals surface area contributed by atoms with E-state index in [4.69, 9.17) is 42.6 Å². The summed E-state index contributed by atoms with van der Waals surface area (Å²) in [6.45, 7) is 18.7. The van der Waals surface area contributed by atoms with Crippen molar-refractivity contribution in [1.29, 1.82) is 0 Å². The molecule has 0 radical (unpaired) electrons. The van der Waals surface area contributed by atoms with Gasteiger partial charge in [0.05, 0.1) is 54.5 Å². The Morgan fingerprint density at radius 2 is 1.63 bits per heavy atom.